The first-order chi connectivity index (χ1) is 6.77. The van der Waals surface area contributed by atoms with Crippen molar-refractivity contribution in [2.24, 2.45) is 5.73 Å². The molecule has 0 heterocycles. The molecular formula is C11H13BrFN. The SMILES string of the molecule is NCc1ccc(F)c(C=CCCBr)c1. The lowest BCUT2D eigenvalue weighted by molar-refractivity contribution is 0.624. The summed E-state index contributed by atoms with van der Waals surface area (Å²) in [5, 5.41) is 0.891. The average molecular weight is 258 g/mol. The highest BCUT2D eigenvalue weighted by molar-refractivity contribution is 9.09. The van der Waals surface area contributed by atoms with E-state index in [-0.39, 0.29) is 5.82 Å². The second-order valence-corrected chi connectivity index (χ2v) is 3.73. The molecule has 1 nitrogen and oxygen atoms in total. The molecule has 0 spiro atoms. The third kappa shape index (κ3) is 3.24. The maximum Gasteiger partial charge on any atom is 0.130 e. The number of hydrogen-bond donors (Lipinski definition) is 1. The number of nitrogens with two attached hydrogens (primary N) is 1. The highest BCUT2D eigenvalue weighted by Crippen LogP contribution is 2.12. The quantitative estimate of drug-likeness (QED) is 0.825. The van der Waals surface area contributed by atoms with Crippen molar-refractivity contribution < 1.29 is 4.39 Å². The second-order valence-electron chi connectivity index (χ2n) is 2.94. The van der Waals surface area contributed by atoms with Gasteiger partial charge in [0.25, 0.3) is 0 Å². The number of hydrogen-bond acceptors (Lipinski definition) is 1. The molecule has 76 valence electrons. The second kappa shape index (κ2) is 5.94. The minimum absolute atomic E-state index is 0.201. The zero-order valence-electron chi connectivity index (χ0n) is 7.84. The van der Waals surface area contributed by atoms with E-state index in [9.17, 15) is 4.39 Å². The average Bonchev–Trinajstić information content (AvgIpc) is 2.21. The molecule has 0 bridgehead atoms. The summed E-state index contributed by atoms with van der Waals surface area (Å²) >= 11 is 3.30. The first-order valence-corrected chi connectivity index (χ1v) is 5.61. The van der Waals surface area contributed by atoms with Crippen LogP contribution in [-0.2, 0) is 6.54 Å². The number of rotatable bonds is 4. The van der Waals surface area contributed by atoms with Gasteiger partial charge in [-0.25, -0.2) is 4.39 Å². The zero-order valence-corrected chi connectivity index (χ0v) is 9.43. The molecule has 0 unspecified atom stereocenters. The first-order valence-electron chi connectivity index (χ1n) is 4.49. The number of allylic oxidation sites excluding steroid dienone is 1. The zero-order chi connectivity index (χ0) is 10.4. The van der Waals surface area contributed by atoms with Gasteiger partial charge in [-0.15, -0.1) is 0 Å². The van der Waals surface area contributed by atoms with Crippen LogP contribution in [-0.4, -0.2) is 5.33 Å². The van der Waals surface area contributed by atoms with Gasteiger partial charge in [0.05, 0.1) is 0 Å². The summed E-state index contributed by atoms with van der Waals surface area (Å²) in [6, 6.07) is 4.94. The van der Waals surface area contributed by atoms with Crippen molar-refractivity contribution in [3.05, 3.63) is 41.2 Å². The van der Waals surface area contributed by atoms with E-state index in [1.165, 1.54) is 6.07 Å². The molecular weight excluding hydrogens is 245 g/mol. The Kier molecular flexibility index (Phi) is 4.84. The Morgan fingerprint density at radius 2 is 2.21 bits per heavy atom. The Hall–Kier alpha value is -0.670. The van der Waals surface area contributed by atoms with Crippen LogP contribution in [0.25, 0.3) is 6.08 Å². The van der Waals surface area contributed by atoms with E-state index in [0.29, 0.717) is 12.1 Å². The summed E-state index contributed by atoms with van der Waals surface area (Å²) < 4.78 is 13.2. The minimum Gasteiger partial charge on any atom is -0.326 e. The maximum absolute atomic E-state index is 13.2. The van der Waals surface area contributed by atoms with Gasteiger partial charge in [0, 0.05) is 17.4 Å². The van der Waals surface area contributed by atoms with Crippen LogP contribution in [0.3, 0.4) is 0 Å². The summed E-state index contributed by atoms with van der Waals surface area (Å²) in [5.41, 5.74) is 7.02. The van der Waals surface area contributed by atoms with Crippen LogP contribution in [0.15, 0.2) is 24.3 Å². The normalized spacial score (nSPS) is 11.1. The summed E-state index contributed by atoms with van der Waals surface area (Å²) in [6.45, 7) is 0.444. The lowest BCUT2D eigenvalue weighted by Crippen LogP contribution is -1.97. The van der Waals surface area contributed by atoms with E-state index < -0.39 is 0 Å². The van der Waals surface area contributed by atoms with Crippen molar-refractivity contribution in [1.82, 2.24) is 0 Å². The summed E-state index contributed by atoms with van der Waals surface area (Å²) in [4.78, 5) is 0. The smallest absolute Gasteiger partial charge is 0.130 e. The number of halogens is 2. The van der Waals surface area contributed by atoms with Gasteiger partial charge in [0.1, 0.15) is 5.82 Å². The lowest BCUT2D eigenvalue weighted by atomic mass is 10.1. The minimum atomic E-state index is -0.201. The molecule has 2 N–H and O–H groups in total. The fourth-order valence-electron chi connectivity index (χ4n) is 1.12. The van der Waals surface area contributed by atoms with E-state index in [1.54, 1.807) is 18.2 Å². The fourth-order valence-corrected chi connectivity index (χ4v) is 1.39. The Labute approximate surface area is 91.9 Å². The number of alkyl halides is 1. The molecule has 0 aliphatic carbocycles. The van der Waals surface area contributed by atoms with Crippen molar-refractivity contribution in [1.29, 1.82) is 0 Å². The molecule has 0 fully saturated rings. The molecule has 0 aliphatic heterocycles. The van der Waals surface area contributed by atoms with Crippen LogP contribution in [0.4, 0.5) is 4.39 Å². The topological polar surface area (TPSA) is 26.0 Å². The van der Waals surface area contributed by atoms with Gasteiger partial charge in [0.15, 0.2) is 0 Å². The van der Waals surface area contributed by atoms with Gasteiger partial charge in [-0.2, -0.15) is 0 Å². The van der Waals surface area contributed by atoms with Gasteiger partial charge in [-0.3, -0.25) is 0 Å². The standard InChI is InChI=1S/C11H13BrFN/c12-6-2-1-3-10-7-9(8-14)4-5-11(10)13/h1,3-5,7H,2,6,8,14H2. The predicted octanol–water partition coefficient (Wildman–Crippen LogP) is 3.08. The fraction of sp³-hybridized carbons (Fsp3) is 0.273. The maximum atomic E-state index is 13.2. The number of benzene rings is 1. The Morgan fingerprint density at radius 1 is 1.43 bits per heavy atom. The highest BCUT2D eigenvalue weighted by atomic mass is 79.9. The van der Waals surface area contributed by atoms with Crippen LogP contribution < -0.4 is 5.73 Å². The van der Waals surface area contributed by atoms with Crippen molar-refractivity contribution in [3.63, 3.8) is 0 Å². The molecule has 0 amide bonds. The van der Waals surface area contributed by atoms with Crippen molar-refractivity contribution in [2.75, 3.05) is 5.33 Å². The summed E-state index contributed by atoms with van der Waals surface area (Å²) in [5.74, 6) is -0.201. The Bertz CT molecular complexity index is 323. The van der Waals surface area contributed by atoms with Crippen LogP contribution >= 0.6 is 15.9 Å². The van der Waals surface area contributed by atoms with Crippen LogP contribution in [0.2, 0.25) is 0 Å². The molecule has 0 atom stereocenters. The molecule has 3 heteroatoms. The first kappa shape index (κ1) is 11.4. The molecule has 0 radical (unpaired) electrons. The molecule has 1 aromatic carbocycles. The van der Waals surface area contributed by atoms with E-state index in [2.05, 4.69) is 15.9 Å². The van der Waals surface area contributed by atoms with Crippen LogP contribution in [0, 0.1) is 5.82 Å². The van der Waals surface area contributed by atoms with Crippen LogP contribution in [0.1, 0.15) is 17.5 Å². The summed E-state index contributed by atoms with van der Waals surface area (Å²) in [7, 11) is 0. The van der Waals surface area contributed by atoms with Gasteiger partial charge in [-0.05, 0) is 24.1 Å². The monoisotopic (exact) mass is 257 g/mol. The van der Waals surface area contributed by atoms with Crippen molar-refractivity contribution >= 4 is 22.0 Å². The molecule has 1 aromatic rings. The van der Waals surface area contributed by atoms with Crippen molar-refractivity contribution in [3.8, 4) is 0 Å². The molecule has 1 rings (SSSR count). The third-order valence-electron chi connectivity index (χ3n) is 1.87. The van der Waals surface area contributed by atoms with E-state index in [4.69, 9.17) is 5.73 Å². The molecule has 0 saturated carbocycles. The highest BCUT2D eigenvalue weighted by Gasteiger charge is 1.98. The van der Waals surface area contributed by atoms with E-state index in [1.807, 2.05) is 6.08 Å². The molecule has 0 aromatic heterocycles. The Balaban J connectivity index is 2.83. The van der Waals surface area contributed by atoms with E-state index in [0.717, 1.165) is 17.3 Å². The third-order valence-corrected chi connectivity index (χ3v) is 2.33. The Morgan fingerprint density at radius 3 is 2.86 bits per heavy atom. The lowest BCUT2D eigenvalue weighted by Gasteiger charge is -2.00. The molecule has 14 heavy (non-hydrogen) atoms. The molecule has 0 saturated heterocycles. The van der Waals surface area contributed by atoms with Crippen LogP contribution in [0.5, 0.6) is 0 Å². The predicted molar refractivity (Wildman–Crippen MR) is 61.7 cm³/mol. The van der Waals surface area contributed by atoms with Gasteiger partial charge in [0.2, 0.25) is 0 Å². The van der Waals surface area contributed by atoms with Gasteiger partial charge < -0.3 is 5.73 Å². The molecule has 0 aliphatic rings. The van der Waals surface area contributed by atoms with E-state index >= 15 is 0 Å². The largest absolute Gasteiger partial charge is 0.326 e. The van der Waals surface area contributed by atoms with Gasteiger partial charge in [-0.1, -0.05) is 34.1 Å². The summed E-state index contributed by atoms with van der Waals surface area (Å²) in [6.07, 6.45) is 4.62. The van der Waals surface area contributed by atoms with Crippen molar-refractivity contribution in [2.45, 2.75) is 13.0 Å². The van der Waals surface area contributed by atoms with Gasteiger partial charge >= 0.3 is 0 Å².